The van der Waals surface area contributed by atoms with Crippen LogP contribution in [-0.2, 0) is 10.2 Å². The van der Waals surface area contributed by atoms with Crippen molar-refractivity contribution in [3.8, 4) is 0 Å². The first kappa shape index (κ1) is 21.4. The number of anilines is 2. The number of alkyl halides is 1. The van der Waals surface area contributed by atoms with Gasteiger partial charge in [-0.3, -0.25) is 0 Å². The molecule has 2 aromatic rings. The molecule has 0 spiro atoms. The van der Waals surface area contributed by atoms with Gasteiger partial charge in [-0.05, 0) is 50.9 Å². The summed E-state index contributed by atoms with van der Waals surface area (Å²) in [6.07, 6.45) is -0.0696. The summed E-state index contributed by atoms with van der Waals surface area (Å²) in [4.78, 5) is 0. The third-order valence-electron chi connectivity index (χ3n) is 4.20. The number of amidine groups is 1. The van der Waals surface area contributed by atoms with E-state index in [0.29, 0.717) is 5.69 Å². The van der Waals surface area contributed by atoms with Gasteiger partial charge in [0, 0.05) is 12.2 Å². The molecule has 11 nitrogen and oxygen atoms in total. The van der Waals surface area contributed by atoms with Gasteiger partial charge in [-0.2, -0.15) is 12.7 Å². The molecule has 5 N–H and O–H groups in total. The van der Waals surface area contributed by atoms with Gasteiger partial charge >= 0.3 is 0 Å². The molecular formula is C14H16BrF2N7O4S. The van der Waals surface area contributed by atoms with Crippen molar-refractivity contribution in [2.24, 2.45) is 10.3 Å². The van der Waals surface area contributed by atoms with Gasteiger partial charge in [0.15, 0.2) is 5.69 Å². The van der Waals surface area contributed by atoms with Crippen LogP contribution in [0.3, 0.4) is 0 Å². The monoisotopic (exact) mass is 495 g/mol. The van der Waals surface area contributed by atoms with Crippen LogP contribution in [0, 0.1) is 5.82 Å². The Kier molecular flexibility index (Phi) is 6.02. The van der Waals surface area contributed by atoms with Crippen molar-refractivity contribution < 1.29 is 27.0 Å². The summed E-state index contributed by atoms with van der Waals surface area (Å²) in [6, 6.07) is 3.98. The highest BCUT2D eigenvalue weighted by Crippen LogP contribution is 2.28. The third kappa shape index (κ3) is 4.98. The van der Waals surface area contributed by atoms with Gasteiger partial charge in [-0.25, -0.2) is 18.5 Å². The molecule has 0 saturated carbocycles. The van der Waals surface area contributed by atoms with E-state index in [-0.39, 0.29) is 41.3 Å². The van der Waals surface area contributed by atoms with Crippen LogP contribution in [-0.4, -0.2) is 59.4 Å². The Morgan fingerprint density at radius 3 is 2.86 bits per heavy atom. The maximum atomic E-state index is 14.9. The van der Waals surface area contributed by atoms with Crippen LogP contribution in [0.5, 0.6) is 0 Å². The maximum absolute atomic E-state index is 14.9. The molecule has 3 rings (SSSR count). The summed E-state index contributed by atoms with van der Waals surface area (Å²) < 4.78 is 56.6. The lowest BCUT2D eigenvalue weighted by Crippen LogP contribution is -2.40. The van der Waals surface area contributed by atoms with Crippen LogP contribution < -0.4 is 15.8 Å². The molecule has 29 heavy (non-hydrogen) atoms. The number of nitrogens with one attached hydrogen (secondary N) is 2. The smallest absolute Gasteiger partial charge is 0.277 e. The van der Waals surface area contributed by atoms with Crippen LogP contribution >= 0.6 is 15.9 Å². The van der Waals surface area contributed by atoms with E-state index in [2.05, 4.69) is 46.7 Å². The zero-order valence-corrected chi connectivity index (χ0v) is 17.0. The van der Waals surface area contributed by atoms with E-state index >= 15 is 0 Å². The molecule has 1 unspecified atom stereocenters. The largest absolute Gasteiger partial charge is 0.409 e. The highest BCUT2D eigenvalue weighted by molar-refractivity contribution is 9.10. The molecule has 1 fully saturated rings. The summed E-state index contributed by atoms with van der Waals surface area (Å²) in [5, 5.41) is 30.0. The quantitative estimate of drug-likeness (QED) is 0.201. The van der Waals surface area contributed by atoms with E-state index in [0.717, 1.165) is 4.31 Å². The number of benzene rings is 1. The first-order valence-electron chi connectivity index (χ1n) is 8.09. The predicted octanol–water partition coefficient (Wildman–Crippen LogP) is 1.25. The second kappa shape index (κ2) is 8.17. The highest BCUT2D eigenvalue weighted by atomic mass is 79.9. The normalized spacial score (nSPS) is 20.8. The minimum atomic E-state index is -3.99. The Bertz CT molecular complexity index is 1030. The molecule has 1 saturated heterocycles. The fraction of sp³-hybridized carbons (Fsp3) is 0.357. The SMILES string of the molecule is NS(=O)(=O)N1CCC(F)(CNc2nonc2/C(=N/O)Nc2ccc(F)c(Br)c2)C1. The molecule has 1 aliphatic rings. The Hall–Kier alpha value is -2.36. The van der Waals surface area contributed by atoms with Crippen LogP contribution in [0.15, 0.2) is 32.5 Å². The minimum Gasteiger partial charge on any atom is -0.409 e. The van der Waals surface area contributed by atoms with Crippen LogP contribution in [0.25, 0.3) is 0 Å². The van der Waals surface area contributed by atoms with Crippen molar-refractivity contribution in [2.45, 2.75) is 12.1 Å². The molecule has 0 amide bonds. The molecule has 15 heteroatoms. The van der Waals surface area contributed by atoms with Crippen molar-refractivity contribution in [1.82, 2.24) is 14.6 Å². The summed E-state index contributed by atoms with van der Waals surface area (Å²) >= 11 is 3.03. The van der Waals surface area contributed by atoms with Gasteiger partial charge in [-0.1, -0.05) is 5.16 Å². The molecule has 1 aromatic carbocycles. The van der Waals surface area contributed by atoms with E-state index in [1.807, 2.05) is 0 Å². The lowest BCUT2D eigenvalue weighted by molar-refractivity contribution is 0.197. The average Bonchev–Trinajstić information content (AvgIpc) is 3.28. The molecule has 0 aliphatic carbocycles. The van der Waals surface area contributed by atoms with Crippen LogP contribution in [0.1, 0.15) is 12.1 Å². The summed E-state index contributed by atoms with van der Waals surface area (Å²) in [7, 11) is -3.99. The van der Waals surface area contributed by atoms with Gasteiger partial charge in [-0.15, -0.1) is 0 Å². The lowest BCUT2D eigenvalue weighted by Gasteiger charge is -2.20. The van der Waals surface area contributed by atoms with Crippen molar-refractivity contribution in [3.05, 3.63) is 34.2 Å². The Morgan fingerprint density at radius 2 is 2.24 bits per heavy atom. The molecule has 1 atom stereocenters. The Balaban J connectivity index is 1.70. The van der Waals surface area contributed by atoms with Crippen molar-refractivity contribution in [2.75, 3.05) is 30.3 Å². The van der Waals surface area contributed by atoms with Crippen LogP contribution in [0.4, 0.5) is 20.3 Å². The fourth-order valence-corrected chi connectivity index (χ4v) is 3.84. The minimum absolute atomic E-state index is 0.0439. The molecule has 2 heterocycles. The van der Waals surface area contributed by atoms with Crippen molar-refractivity contribution >= 4 is 43.5 Å². The van der Waals surface area contributed by atoms with Crippen molar-refractivity contribution in [3.63, 3.8) is 0 Å². The fourth-order valence-electron chi connectivity index (χ4n) is 2.70. The van der Waals surface area contributed by atoms with Crippen molar-refractivity contribution in [1.29, 1.82) is 0 Å². The van der Waals surface area contributed by atoms with E-state index in [1.54, 1.807) is 0 Å². The first-order valence-corrected chi connectivity index (χ1v) is 10.4. The molecule has 0 radical (unpaired) electrons. The van der Waals surface area contributed by atoms with E-state index < -0.39 is 28.2 Å². The summed E-state index contributed by atoms with van der Waals surface area (Å²) in [5.74, 6) is -0.725. The number of hydrogen-bond acceptors (Lipinski definition) is 8. The predicted molar refractivity (Wildman–Crippen MR) is 102 cm³/mol. The van der Waals surface area contributed by atoms with Gasteiger partial charge in [0.2, 0.25) is 11.7 Å². The first-order chi connectivity index (χ1) is 13.6. The zero-order chi connectivity index (χ0) is 21.2. The number of nitrogens with two attached hydrogens (primary N) is 1. The highest BCUT2D eigenvalue weighted by Gasteiger charge is 2.42. The van der Waals surface area contributed by atoms with Gasteiger partial charge < -0.3 is 15.8 Å². The van der Waals surface area contributed by atoms with E-state index in [4.69, 9.17) is 5.14 Å². The second-order valence-electron chi connectivity index (χ2n) is 6.30. The zero-order valence-electron chi connectivity index (χ0n) is 14.6. The second-order valence-corrected chi connectivity index (χ2v) is 8.70. The van der Waals surface area contributed by atoms with Crippen LogP contribution in [0.2, 0.25) is 0 Å². The molecular weight excluding hydrogens is 480 g/mol. The van der Waals surface area contributed by atoms with Gasteiger partial charge in [0.05, 0.1) is 17.6 Å². The Morgan fingerprint density at radius 1 is 1.48 bits per heavy atom. The lowest BCUT2D eigenvalue weighted by atomic mass is 10.1. The molecule has 158 valence electrons. The van der Waals surface area contributed by atoms with Gasteiger partial charge in [0.25, 0.3) is 10.2 Å². The number of halogens is 3. The topological polar surface area (TPSA) is 159 Å². The third-order valence-corrected chi connectivity index (χ3v) is 5.84. The molecule has 1 aliphatic heterocycles. The Labute approximate surface area is 172 Å². The van der Waals surface area contributed by atoms with E-state index in [1.165, 1.54) is 18.2 Å². The number of nitrogens with zero attached hydrogens (tertiary/aromatic N) is 4. The summed E-state index contributed by atoms with van der Waals surface area (Å²) in [5.41, 5.74) is -1.60. The number of hydrogen-bond donors (Lipinski definition) is 4. The van der Waals surface area contributed by atoms with E-state index in [9.17, 15) is 22.4 Å². The number of rotatable bonds is 6. The number of aromatic nitrogens is 2. The standard InChI is InChI=1S/C14H16BrF2N7O4S/c15-9-5-8(1-2-10(9)16)20-13(21-25)11-12(23-28-22-11)19-6-14(17)3-4-24(7-14)29(18,26)27/h1-2,5,25H,3-4,6-7H2,(H,19,23)(H,20,21)(H2,18,26,27). The number of oxime groups is 1. The maximum Gasteiger partial charge on any atom is 0.277 e. The average molecular weight is 496 g/mol. The molecule has 0 bridgehead atoms. The van der Waals surface area contributed by atoms with Gasteiger partial charge in [0.1, 0.15) is 11.5 Å². The molecule has 1 aromatic heterocycles. The summed E-state index contributed by atoms with van der Waals surface area (Å²) in [6.45, 7) is -0.783.